The van der Waals surface area contributed by atoms with Gasteiger partial charge in [-0.2, -0.15) is 0 Å². The van der Waals surface area contributed by atoms with Gasteiger partial charge in [0, 0.05) is 45.0 Å². The molecular formula is C19H31N5OS. The third kappa shape index (κ3) is 6.23. The minimum Gasteiger partial charge on any atom is -0.361 e. The number of nitrogens with one attached hydrogen (secondary N) is 2. The molecule has 2 rings (SSSR count). The van der Waals surface area contributed by atoms with Crippen molar-refractivity contribution in [3.63, 3.8) is 0 Å². The predicted molar refractivity (Wildman–Crippen MR) is 112 cm³/mol. The monoisotopic (exact) mass is 377 g/mol. The number of benzene rings is 1. The molecule has 0 bridgehead atoms. The summed E-state index contributed by atoms with van der Waals surface area (Å²) < 4.78 is 0. The van der Waals surface area contributed by atoms with E-state index in [0.29, 0.717) is 6.54 Å². The lowest BCUT2D eigenvalue weighted by Crippen LogP contribution is -2.53. The van der Waals surface area contributed by atoms with Crippen molar-refractivity contribution in [2.45, 2.75) is 13.8 Å². The van der Waals surface area contributed by atoms with Crippen molar-refractivity contribution in [3.05, 3.63) is 29.3 Å². The van der Waals surface area contributed by atoms with E-state index in [1.54, 1.807) is 0 Å². The van der Waals surface area contributed by atoms with Gasteiger partial charge in [0.2, 0.25) is 5.91 Å². The summed E-state index contributed by atoms with van der Waals surface area (Å²) in [7, 11) is 4.10. The molecule has 1 aliphatic rings. The van der Waals surface area contributed by atoms with Gasteiger partial charge in [0.1, 0.15) is 0 Å². The minimum absolute atomic E-state index is 0.0440. The molecule has 0 aromatic heterocycles. The molecule has 0 atom stereocenters. The first-order chi connectivity index (χ1) is 12.4. The van der Waals surface area contributed by atoms with E-state index >= 15 is 0 Å². The van der Waals surface area contributed by atoms with Gasteiger partial charge in [-0.1, -0.05) is 18.2 Å². The fourth-order valence-corrected chi connectivity index (χ4v) is 3.29. The van der Waals surface area contributed by atoms with E-state index < -0.39 is 0 Å². The van der Waals surface area contributed by atoms with E-state index in [-0.39, 0.29) is 5.91 Å². The van der Waals surface area contributed by atoms with E-state index in [4.69, 9.17) is 12.2 Å². The Morgan fingerprint density at radius 1 is 1.15 bits per heavy atom. The second-order valence-corrected chi connectivity index (χ2v) is 7.50. The van der Waals surface area contributed by atoms with Crippen LogP contribution in [0.3, 0.4) is 0 Å². The molecule has 0 unspecified atom stereocenters. The summed E-state index contributed by atoms with van der Waals surface area (Å²) in [6, 6.07) is 6.05. The lowest BCUT2D eigenvalue weighted by atomic mass is 10.1. The average Bonchev–Trinajstić information content (AvgIpc) is 2.58. The molecule has 1 heterocycles. The lowest BCUT2D eigenvalue weighted by Gasteiger charge is -2.36. The number of carbonyl (C=O) groups excluding carboxylic acids is 1. The zero-order chi connectivity index (χ0) is 19.1. The number of anilines is 1. The highest BCUT2D eigenvalue weighted by Gasteiger charge is 2.20. The summed E-state index contributed by atoms with van der Waals surface area (Å²) in [5.41, 5.74) is 3.12. The Morgan fingerprint density at radius 2 is 1.77 bits per heavy atom. The molecule has 7 heteroatoms. The van der Waals surface area contributed by atoms with E-state index in [0.717, 1.165) is 61.2 Å². The molecule has 0 spiro atoms. The Labute approximate surface area is 162 Å². The van der Waals surface area contributed by atoms with E-state index in [1.165, 1.54) is 0 Å². The SMILES string of the molecule is Cc1cccc(C)c1NC(=O)CN1CCN(C(=S)NCCN(C)C)CC1. The summed E-state index contributed by atoms with van der Waals surface area (Å²) in [4.78, 5) is 18.9. The molecule has 1 saturated heterocycles. The maximum absolute atomic E-state index is 12.4. The number of nitrogens with zero attached hydrogens (tertiary/aromatic N) is 3. The van der Waals surface area contributed by atoms with Crippen LogP contribution in [0.2, 0.25) is 0 Å². The van der Waals surface area contributed by atoms with Crippen LogP contribution >= 0.6 is 12.2 Å². The molecule has 0 radical (unpaired) electrons. The van der Waals surface area contributed by atoms with Gasteiger partial charge >= 0.3 is 0 Å². The van der Waals surface area contributed by atoms with Gasteiger partial charge < -0.3 is 20.4 Å². The first-order valence-corrected chi connectivity index (χ1v) is 9.53. The van der Waals surface area contributed by atoms with Crippen molar-refractivity contribution < 1.29 is 4.79 Å². The largest absolute Gasteiger partial charge is 0.361 e. The van der Waals surface area contributed by atoms with Crippen LogP contribution in [0.15, 0.2) is 18.2 Å². The molecule has 0 aliphatic carbocycles. The van der Waals surface area contributed by atoms with Crippen LogP contribution in [0.5, 0.6) is 0 Å². The first kappa shape index (κ1) is 20.6. The van der Waals surface area contributed by atoms with Gasteiger partial charge in [-0.3, -0.25) is 9.69 Å². The normalized spacial score (nSPS) is 15.2. The van der Waals surface area contributed by atoms with E-state index in [9.17, 15) is 4.79 Å². The van der Waals surface area contributed by atoms with Crippen LogP contribution in [0.1, 0.15) is 11.1 Å². The maximum atomic E-state index is 12.4. The molecule has 1 amide bonds. The average molecular weight is 378 g/mol. The highest BCUT2D eigenvalue weighted by atomic mass is 32.1. The van der Waals surface area contributed by atoms with E-state index in [2.05, 4.69) is 25.3 Å². The number of thiocarbonyl (C=S) groups is 1. The van der Waals surface area contributed by atoms with Gasteiger partial charge in [0.05, 0.1) is 6.54 Å². The summed E-state index contributed by atoms with van der Waals surface area (Å²) in [5.74, 6) is 0.0440. The molecule has 1 aromatic rings. The van der Waals surface area contributed by atoms with Gasteiger partial charge in [0.15, 0.2) is 5.11 Å². The van der Waals surface area contributed by atoms with Crippen LogP contribution in [-0.4, -0.2) is 85.6 Å². The van der Waals surface area contributed by atoms with Crippen molar-refractivity contribution in [2.24, 2.45) is 0 Å². The van der Waals surface area contributed by atoms with Gasteiger partial charge in [-0.05, 0) is 51.3 Å². The fourth-order valence-electron chi connectivity index (χ4n) is 3.00. The Hall–Kier alpha value is -1.70. The third-order valence-electron chi connectivity index (χ3n) is 4.61. The number of amides is 1. The van der Waals surface area contributed by atoms with Crippen LogP contribution < -0.4 is 10.6 Å². The minimum atomic E-state index is 0.0440. The number of carbonyl (C=O) groups is 1. The van der Waals surface area contributed by atoms with Crippen molar-refractivity contribution in [3.8, 4) is 0 Å². The maximum Gasteiger partial charge on any atom is 0.238 e. The topological polar surface area (TPSA) is 50.9 Å². The number of likely N-dealkylation sites (N-methyl/N-ethyl adjacent to an activating group) is 1. The van der Waals surface area contributed by atoms with Crippen LogP contribution in [0.4, 0.5) is 5.69 Å². The molecule has 2 N–H and O–H groups in total. The molecule has 6 nitrogen and oxygen atoms in total. The summed E-state index contributed by atoms with van der Waals surface area (Å²) in [5, 5.41) is 7.18. The van der Waals surface area contributed by atoms with Crippen molar-refractivity contribution in [1.29, 1.82) is 0 Å². The molecule has 144 valence electrons. The quantitative estimate of drug-likeness (QED) is 0.729. The number of aryl methyl sites for hydroxylation is 2. The van der Waals surface area contributed by atoms with Crippen LogP contribution in [0, 0.1) is 13.8 Å². The van der Waals surface area contributed by atoms with Crippen LogP contribution in [-0.2, 0) is 4.79 Å². The molecular weight excluding hydrogens is 346 g/mol. The molecule has 1 aliphatic heterocycles. The number of hydrogen-bond acceptors (Lipinski definition) is 4. The van der Waals surface area contributed by atoms with Crippen molar-refractivity contribution in [2.75, 3.05) is 65.2 Å². The Kier molecular flexibility index (Phi) is 7.81. The molecule has 0 saturated carbocycles. The van der Waals surface area contributed by atoms with Gasteiger partial charge in [0.25, 0.3) is 0 Å². The fraction of sp³-hybridized carbons (Fsp3) is 0.579. The molecule has 26 heavy (non-hydrogen) atoms. The zero-order valence-corrected chi connectivity index (χ0v) is 17.2. The number of rotatable bonds is 6. The Morgan fingerprint density at radius 3 is 2.35 bits per heavy atom. The second-order valence-electron chi connectivity index (χ2n) is 7.11. The highest BCUT2D eigenvalue weighted by Crippen LogP contribution is 2.19. The van der Waals surface area contributed by atoms with Gasteiger partial charge in [-0.25, -0.2) is 0 Å². The Bertz CT molecular complexity index is 606. The van der Waals surface area contributed by atoms with Crippen LogP contribution in [0.25, 0.3) is 0 Å². The number of hydrogen-bond donors (Lipinski definition) is 2. The second kappa shape index (κ2) is 9.85. The summed E-state index contributed by atoms with van der Waals surface area (Å²) >= 11 is 5.47. The van der Waals surface area contributed by atoms with Gasteiger partial charge in [-0.15, -0.1) is 0 Å². The number of piperazine rings is 1. The smallest absolute Gasteiger partial charge is 0.238 e. The highest BCUT2D eigenvalue weighted by molar-refractivity contribution is 7.80. The summed E-state index contributed by atoms with van der Waals surface area (Å²) in [6.45, 7) is 9.66. The lowest BCUT2D eigenvalue weighted by molar-refractivity contribution is -0.117. The summed E-state index contributed by atoms with van der Waals surface area (Å²) in [6.07, 6.45) is 0. The number of para-hydroxylation sites is 1. The van der Waals surface area contributed by atoms with Crippen molar-refractivity contribution >= 4 is 28.9 Å². The standard InChI is InChI=1S/C19H31N5OS/c1-15-6-5-7-16(2)18(15)21-17(25)14-23-10-12-24(13-11-23)19(26)20-8-9-22(3)4/h5-7H,8-14H2,1-4H3,(H,20,26)(H,21,25). The van der Waals surface area contributed by atoms with Crippen molar-refractivity contribution in [1.82, 2.24) is 20.0 Å². The molecule has 1 aromatic carbocycles. The van der Waals surface area contributed by atoms with E-state index in [1.807, 2.05) is 46.1 Å². The molecule has 1 fully saturated rings. The third-order valence-corrected chi connectivity index (χ3v) is 5.01. The zero-order valence-electron chi connectivity index (χ0n) is 16.3. The first-order valence-electron chi connectivity index (χ1n) is 9.12. The predicted octanol–water partition coefficient (Wildman–Crippen LogP) is 1.30. The Balaban J connectivity index is 1.74.